The first-order chi connectivity index (χ1) is 14.1. The molecule has 2 aromatic rings. The summed E-state index contributed by atoms with van der Waals surface area (Å²) in [5, 5.41) is 9.96. The molecule has 1 saturated heterocycles. The number of amides is 4. The van der Waals surface area contributed by atoms with E-state index in [0.29, 0.717) is 25.1 Å². The van der Waals surface area contributed by atoms with Crippen molar-refractivity contribution in [3.05, 3.63) is 48.3 Å². The van der Waals surface area contributed by atoms with Crippen LogP contribution in [0.1, 0.15) is 44.1 Å². The minimum Gasteiger partial charge on any atom is -0.326 e. The lowest BCUT2D eigenvalue weighted by atomic mass is 9.82. The fourth-order valence-electron chi connectivity index (χ4n) is 4.15. The van der Waals surface area contributed by atoms with Gasteiger partial charge in [0.2, 0.25) is 5.91 Å². The molecule has 29 heavy (non-hydrogen) atoms. The minimum atomic E-state index is -0.748. The summed E-state index contributed by atoms with van der Waals surface area (Å²) in [5.74, 6) is -0.419. The molecule has 1 aromatic heterocycles. The molecule has 0 atom stereocenters. The summed E-state index contributed by atoms with van der Waals surface area (Å²) in [6.45, 7) is 0.624. The van der Waals surface area contributed by atoms with Crippen molar-refractivity contribution < 1.29 is 14.4 Å². The molecule has 8 heteroatoms. The first kappa shape index (κ1) is 19.2. The van der Waals surface area contributed by atoms with Crippen LogP contribution in [0.2, 0.25) is 0 Å². The first-order valence-corrected chi connectivity index (χ1v) is 10.1. The number of urea groups is 1. The average Bonchev–Trinajstić information content (AvgIpc) is 3.30. The Morgan fingerprint density at radius 1 is 1.14 bits per heavy atom. The van der Waals surface area contributed by atoms with Gasteiger partial charge in [-0.3, -0.25) is 19.2 Å². The number of benzene rings is 1. The fraction of sp³-hybridized carbons (Fsp3) is 0.429. The van der Waals surface area contributed by atoms with Gasteiger partial charge in [-0.2, -0.15) is 5.10 Å². The van der Waals surface area contributed by atoms with E-state index in [2.05, 4.69) is 15.7 Å². The maximum absolute atomic E-state index is 12.8. The number of hydrogen-bond acceptors (Lipinski definition) is 4. The number of nitrogens with zero attached hydrogens (tertiary/aromatic N) is 3. The molecule has 1 aromatic carbocycles. The summed E-state index contributed by atoms with van der Waals surface area (Å²) >= 11 is 0. The van der Waals surface area contributed by atoms with Crippen LogP contribution in [0.3, 0.4) is 0 Å². The molecule has 4 rings (SSSR count). The van der Waals surface area contributed by atoms with Crippen LogP contribution < -0.4 is 10.6 Å². The molecule has 1 aliphatic carbocycles. The van der Waals surface area contributed by atoms with Gasteiger partial charge < -0.3 is 10.6 Å². The van der Waals surface area contributed by atoms with Crippen LogP contribution in [0, 0.1) is 0 Å². The van der Waals surface area contributed by atoms with Crippen molar-refractivity contribution in [2.24, 2.45) is 0 Å². The number of aromatic nitrogens is 2. The third-order valence-electron chi connectivity index (χ3n) is 5.70. The number of rotatable bonds is 6. The summed E-state index contributed by atoms with van der Waals surface area (Å²) in [5.41, 5.74) is 0.886. The molecule has 2 aliphatic rings. The zero-order valence-electron chi connectivity index (χ0n) is 16.3. The van der Waals surface area contributed by atoms with Gasteiger partial charge in [0.1, 0.15) is 5.54 Å². The number of para-hydroxylation sites is 1. The van der Waals surface area contributed by atoms with Gasteiger partial charge in [0.25, 0.3) is 5.91 Å². The van der Waals surface area contributed by atoms with E-state index < -0.39 is 5.54 Å². The fourth-order valence-corrected chi connectivity index (χ4v) is 4.15. The van der Waals surface area contributed by atoms with E-state index in [9.17, 15) is 14.4 Å². The minimum absolute atomic E-state index is 0.0609. The number of carbonyl (C=O) groups excluding carboxylic acids is 3. The Morgan fingerprint density at radius 2 is 1.93 bits per heavy atom. The third kappa shape index (κ3) is 4.01. The molecule has 1 spiro atoms. The van der Waals surface area contributed by atoms with E-state index in [1.165, 1.54) is 4.90 Å². The van der Waals surface area contributed by atoms with Crippen molar-refractivity contribution in [2.75, 3.05) is 11.9 Å². The largest absolute Gasteiger partial charge is 0.326 e. The van der Waals surface area contributed by atoms with Crippen molar-refractivity contribution in [3.63, 3.8) is 0 Å². The van der Waals surface area contributed by atoms with Gasteiger partial charge in [0.05, 0.1) is 6.54 Å². The van der Waals surface area contributed by atoms with Crippen LogP contribution in [-0.4, -0.2) is 44.6 Å². The summed E-state index contributed by atoms with van der Waals surface area (Å²) in [7, 11) is 0. The van der Waals surface area contributed by atoms with Crippen LogP contribution in [0.5, 0.6) is 0 Å². The van der Waals surface area contributed by atoms with Crippen molar-refractivity contribution in [1.29, 1.82) is 0 Å². The highest BCUT2D eigenvalue weighted by atomic mass is 16.2. The van der Waals surface area contributed by atoms with Crippen molar-refractivity contribution >= 4 is 23.5 Å². The molecule has 2 fully saturated rings. The summed E-state index contributed by atoms with van der Waals surface area (Å²) < 4.78 is 1.78. The second-order valence-electron chi connectivity index (χ2n) is 7.69. The molecule has 0 unspecified atom stereocenters. The number of carbonyl (C=O) groups is 3. The Labute approximate surface area is 169 Å². The van der Waals surface area contributed by atoms with Crippen LogP contribution in [-0.2, 0) is 16.1 Å². The third-order valence-corrected chi connectivity index (χ3v) is 5.70. The predicted molar refractivity (Wildman–Crippen MR) is 107 cm³/mol. The van der Waals surface area contributed by atoms with E-state index in [1.54, 1.807) is 10.9 Å². The molecule has 0 bridgehead atoms. The van der Waals surface area contributed by atoms with Crippen molar-refractivity contribution in [3.8, 4) is 0 Å². The van der Waals surface area contributed by atoms with Gasteiger partial charge in [-0.1, -0.05) is 37.5 Å². The van der Waals surface area contributed by atoms with Gasteiger partial charge in [0, 0.05) is 31.0 Å². The second kappa shape index (κ2) is 8.06. The standard InChI is InChI=1S/C21H25N5O3/c27-18(23-17-8-3-2-7-16(17)15-25-13-6-12-22-25)9-14-26-19(28)21(24-20(26)29)10-4-1-5-11-21/h2-3,6-8,12-13H,1,4-5,9-11,14-15H2,(H,23,27)(H,24,29). The zero-order chi connectivity index (χ0) is 20.3. The molecule has 0 radical (unpaired) electrons. The average molecular weight is 395 g/mol. The van der Waals surface area contributed by atoms with Gasteiger partial charge in [0.15, 0.2) is 0 Å². The molecule has 1 saturated carbocycles. The lowest BCUT2D eigenvalue weighted by molar-refractivity contribution is -0.132. The molecule has 2 heterocycles. The van der Waals surface area contributed by atoms with E-state index in [4.69, 9.17) is 0 Å². The van der Waals surface area contributed by atoms with Gasteiger partial charge >= 0.3 is 6.03 Å². The van der Waals surface area contributed by atoms with E-state index >= 15 is 0 Å². The molecule has 4 amide bonds. The number of nitrogens with one attached hydrogen (secondary N) is 2. The Kier molecular flexibility index (Phi) is 5.33. The van der Waals surface area contributed by atoms with Crippen LogP contribution in [0.4, 0.5) is 10.5 Å². The second-order valence-corrected chi connectivity index (χ2v) is 7.69. The molecule has 1 aliphatic heterocycles. The summed E-state index contributed by atoms with van der Waals surface area (Å²) in [6.07, 6.45) is 7.95. The maximum atomic E-state index is 12.8. The van der Waals surface area contributed by atoms with Crippen molar-refractivity contribution in [1.82, 2.24) is 20.0 Å². The van der Waals surface area contributed by atoms with Gasteiger partial charge in [-0.15, -0.1) is 0 Å². The van der Waals surface area contributed by atoms with Gasteiger partial charge in [-0.05, 0) is 30.5 Å². The highest BCUT2D eigenvalue weighted by Gasteiger charge is 2.51. The highest BCUT2D eigenvalue weighted by molar-refractivity contribution is 6.07. The Morgan fingerprint density at radius 3 is 2.69 bits per heavy atom. The summed E-state index contributed by atoms with van der Waals surface area (Å²) in [6, 6.07) is 8.99. The molecular weight excluding hydrogens is 370 g/mol. The summed E-state index contributed by atoms with van der Waals surface area (Å²) in [4.78, 5) is 38.8. The van der Waals surface area contributed by atoms with Gasteiger partial charge in [-0.25, -0.2) is 4.79 Å². The van der Waals surface area contributed by atoms with E-state index in [1.807, 2.05) is 36.5 Å². The molecule has 152 valence electrons. The number of anilines is 1. The lowest BCUT2D eigenvalue weighted by Gasteiger charge is -2.30. The predicted octanol–water partition coefficient (Wildman–Crippen LogP) is 2.51. The van der Waals surface area contributed by atoms with Crippen molar-refractivity contribution in [2.45, 2.75) is 50.6 Å². The highest BCUT2D eigenvalue weighted by Crippen LogP contribution is 2.33. The van der Waals surface area contributed by atoms with E-state index in [0.717, 1.165) is 24.8 Å². The molecule has 8 nitrogen and oxygen atoms in total. The van der Waals surface area contributed by atoms with Crippen LogP contribution >= 0.6 is 0 Å². The smallest absolute Gasteiger partial charge is 0.325 e. The monoisotopic (exact) mass is 395 g/mol. The van der Waals surface area contributed by atoms with Crippen LogP contribution in [0.25, 0.3) is 0 Å². The Balaban J connectivity index is 1.36. The Hall–Kier alpha value is -3.16. The maximum Gasteiger partial charge on any atom is 0.325 e. The normalized spacial score (nSPS) is 18.1. The topological polar surface area (TPSA) is 96.3 Å². The van der Waals surface area contributed by atoms with E-state index in [-0.39, 0.29) is 30.8 Å². The Bertz CT molecular complexity index is 903. The lowest BCUT2D eigenvalue weighted by Crippen LogP contribution is -2.48. The van der Waals surface area contributed by atoms with Crippen LogP contribution in [0.15, 0.2) is 42.7 Å². The molecule has 2 N–H and O–H groups in total. The number of hydrogen-bond donors (Lipinski definition) is 2. The number of imide groups is 1. The molecular formula is C21H25N5O3. The first-order valence-electron chi connectivity index (χ1n) is 10.1. The zero-order valence-corrected chi connectivity index (χ0v) is 16.3. The SMILES string of the molecule is O=C(CCN1C(=O)NC2(CCCCC2)C1=O)Nc1ccccc1Cn1cccn1. The quantitative estimate of drug-likeness (QED) is 0.735.